The number of aliphatic carboxylic acids is 1. The van der Waals surface area contributed by atoms with Crippen molar-refractivity contribution in [3.05, 3.63) is 227 Å². The number of carboxylic acid groups (broad SMARTS) is 1. The van der Waals surface area contributed by atoms with Crippen LogP contribution in [0.1, 0.15) is 73.1 Å². The third-order valence-electron chi connectivity index (χ3n) is 13.2. The Morgan fingerprint density at radius 1 is 0.500 bits per heavy atom. The van der Waals surface area contributed by atoms with Crippen molar-refractivity contribution in [2.45, 2.75) is 116 Å². The predicted octanol–water partition coefficient (Wildman–Crippen LogP) is 8.88. The molecule has 20 heteroatoms. The molecule has 0 saturated heterocycles. The molecule has 0 aromatic heterocycles. The normalized spacial score (nSPS) is 12.6. The Bertz CT molecular complexity index is 3410. The zero-order valence-electron chi connectivity index (χ0n) is 49.2. The Balaban J connectivity index is 1.22. The molecule has 0 saturated carbocycles. The van der Waals surface area contributed by atoms with Crippen LogP contribution in [0.15, 0.2) is 176 Å². The lowest BCUT2D eigenvalue weighted by Gasteiger charge is -2.27. The van der Waals surface area contributed by atoms with Crippen LogP contribution in [-0.2, 0) is 84.0 Å². The van der Waals surface area contributed by atoms with Crippen LogP contribution in [0, 0.1) is 12.1 Å². The Kier molecular flexibility index (Phi) is 24.3. The Labute approximate surface area is 510 Å². The maximum Gasteiger partial charge on any atom is 0.408 e. The molecule has 0 heterocycles. The summed E-state index contributed by atoms with van der Waals surface area (Å²) in [5.74, 6) is -3.37. The van der Waals surface area contributed by atoms with Crippen LogP contribution in [0.4, 0.5) is 14.4 Å². The quantitative estimate of drug-likeness (QED) is 0.0170. The zero-order chi connectivity index (χ0) is 62.8. The first-order valence-electron chi connectivity index (χ1n) is 28.4. The number of aliphatic hydroxyl groups is 1. The van der Waals surface area contributed by atoms with Crippen LogP contribution >= 0.6 is 0 Å². The molecule has 7 aromatic rings. The number of carbonyl (C=O) groups is 7. The van der Waals surface area contributed by atoms with Gasteiger partial charge in [0, 0.05) is 25.8 Å². The summed E-state index contributed by atoms with van der Waals surface area (Å²) < 4.78 is 34.5. The summed E-state index contributed by atoms with van der Waals surface area (Å²) in [4.78, 5) is 95.1. The van der Waals surface area contributed by atoms with Crippen molar-refractivity contribution in [1.29, 1.82) is 0 Å². The number of hydrogen-bond donors (Lipinski definition) is 7. The lowest BCUT2D eigenvalue weighted by molar-refractivity contribution is -0.148. The maximum absolute atomic E-state index is 14.8. The van der Waals surface area contributed by atoms with E-state index in [9.17, 15) is 43.8 Å². The Morgan fingerprint density at radius 3 is 1.47 bits per heavy atom. The number of carbonyl (C=O) groups excluding carboxylic acids is 6. The number of ether oxygens (including phenoxy) is 6. The van der Waals surface area contributed by atoms with E-state index in [2.05, 4.69) is 38.7 Å². The predicted molar refractivity (Wildman–Crippen MR) is 324 cm³/mol. The summed E-state index contributed by atoms with van der Waals surface area (Å²) >= 11 is 0. The largest absolute Gasteiger partial charge is 0.489 e. The highest BCUT2D eigenvalue weighted by atomic mass is 16.6. The van der Waals surface area contributed by atoms with E-state index in [0.717, 1.165) is 16.7 Å². The summed E-state index contributed by atoms with van der Waals surface area (Å²) in [7, 11) is 0. The van der Waals surface area contributed by atoms with Crippen LogP contribution in [0.3, 0.4) is 0 Å². The van der Waals surface area contributed by atoms with Gasteiger partial charge in [0.25, 0.3) is 0 Å². The van der Waals surface area contributed by atoms with E-state index in [-0.39, 0.29) is 51.6 Å². The number of nitrogens with one attached hydrogen (secondary N) is 5. The fourth-order valence-electron chi connectivity index (χ4n) is 8.75. The van der Waals surface area contributed by atoms with Gasteiger partial charge in [-0.2, -0.15) is 0 Å². The first-order valence-corrected chi connectivity index (χ1v) is 28.4. The second-order valence-electron chi connectivity index (χ2n) is 21.5. The smallest absolute Gasteiger partial charge is 0.408 e. The molecule has 458 valence electrons. The summed E-state index contributed by atoms with van der Waals surface area (Å²) in [5.41, 5.74) is 4.44. The van der Waals surface area contributed by atoms with Gasteiger partial charge in [0.2, 0.25) is 11.8 Å². The first kappa shape index (κ1) is 65.2. The Morgan fingerprint density at radius 2 is 0.966 bits per heavy atom. The minimum Gasteiger partial charge on any atom is -0.489 e. The highest BCUT2D eigenvalue weighted by Crippen LogP contribution is 2.33. The van der Waals surface area contributed by atoms with E-state index in [4.69, 9.17) is 28.4 Å². The highest BCUT2D eigenvalue weighted by Gasteiger charge is 2.33. The van der Waals surface area contributed by atoms with Gasteiger partial charge in [0.05, 0.1) is 6.10 Å². The van der Waals surface area contributed by atoms with E-state index in [1.54, 1.807) is 148 Å². The number of alkyl carbamates (subject to hydrolysis) is 3. The molecule has 5 amide bonds. The molecule has 1 unspecified atom stereocenters. The van der Waals surface area contributed by atoms with Gasteiger partial charge in [-0.3, -0.25) is 9.59 Å². The molecule has 88 heavy (non-hydrogen) atoms. The van der Waals surface area contributed by atoms with Crippen molar-refractivity contribution in [3.8, 4) is 22.6 Å². The van der Waals surface area contributed by atoms with E-state index in [0.29, 0.717) is 39.1 Å². The summed E-state index contributed by atoms with van der Waals surface area (Å²) in [6.45, 7) is 5.74. The average Bonchev–Trinajstić information content (AvgIpc) is 1.84. The van der Waals surface area contributed by atoms with E-state index < -0.39 is 90.9 Å². The lowest BCUT2D eigenvalue weighted by Crippen LogP contribution is -2.57. The van der Waals surface area contributed by atoms with Gasteiger partial charge < -0.3 is 65.2 Å². The first-order chi connectivity index (χ1) is 42.3. The molecule has 0 aliphatic rings. The van der Waals surface area contributed by atoms with E-state index >= 15 is 0 Å². The van der Waals surface area contributed by atoms with Crippen molar-refractivity contribution in [3.63, 3.8) is 0 Å². The standard InChI is InChI=1S/C68H71N5O15/c1-45(64(79)85-42-48-24-14-7-15-25-48)70-61(75)56(71-62(76)57(72-67(82)88-68(2,3)4)38-55(74)39-69-65(80)86-43-49-26-16-8-17-27-49)36-53-34-51(30-32-59(53)83-40-46-20-10-5-11-21-46)52-31-33-60(84-41-47-22-12-6-13-23-47)54(35-52)37-58(63(77)78)73-66(81)87-44-50-28-18-9-19-29-50/h5,7-12,14-35,45,55-58,74H,36-44H2,1-4H3,(H,69,80)(H,70,75)(H,71,76)(H,72,82)(H,73,81)(H,77,78)/t45-,55+,56-,57?,58-/m0/s1. The molecule has 0 spiro atoms. The van der Waals surface area contributed by atoms with Gasteiger partial charge in [-0.1, -0.05) is 146 Å². The number of carboxylic acids is 1. The molecule has 0 radical (unpaired) electrons. The number of hydrogen-bond acceptors (Lipinski definition) is 14. The van der Waals surface area contributed by atoms with Crippen LogP contribution < -0.4 is 36.1 Å². The number of esters is 1. The second kappa shape index (κ2) is 32.8. The van der Waals surface area contributed by atoms with Crippen molar-refractivity contribution in [2.75, 3.05) is 6.54 Å². The minimum atomic E-state index is -1.59. The highest BCUT2D eigenvalue weighted by molar-refractivity contribution is 5.93. The number of aliphatic hydroxyl groups excluding tert-OH is 1. The molecule has 0 bridgehead atoms. The van der Waals surface area contributed by atoms with Crippen molar-refractivity contribution in [1.82, 2.24) is 26.6 Å². The van der Waals surface area contributed by atoms with Crippen LogP contribution in [0.5, 0.6) is 11.5 Å². The van der Waals surface area contributed by atoms with Crippen molar-refractivity contribution < 1.29 is 72.2 Å². The molecule has 5 atom stereocenters. The van der Waals surface area contributed by atoms with Gasteiger partial charge >= 0.3 is 30.2 Å². The SMILES string of the molecule is C[C@H](NC(=O)[C@H](Cc1cc(-c2ccc(OCc3cc#ccc3)c(C[C@H](NC(=O)OCc3ccccc3)C(=O)O)c2)ccc1OCc1ccccc1)NC(=O)C(C[C@@H](O)CNC(=O)OCc1ccccc1)NC(=O)OC(C)(C)C)C(=O)OCc1ccccc1. The summed E-state index contributed by atoms with van der Waals surface area (Å²) in [6, 6.07) is 51.3. The molecular formula is C68H71N5O15. The zero-order valence-corrected chi connectivity index (χ0v) is 49.2. The monoisotopic (exact) mass is 1200 g/mol. The van der Waals surface area contributed by atoms with Crippen LogP contribution in [0.25, 0.3) is 11.1 Å². The minimum absolute atomic E-state index is 0.0565. The number of rotatable bonds is 29. The van der Waals surface area contributed by atoms with Crippen LogP contribution in [-0.4, -0.2) is 94.7 Å². The molecule has 20 nitrogen and oxygen atoms in total. The van der Waals surface area contributed by atoms with Gasteiger partial charge in [-0.15, -0.1) is 0 Å². The van der Waals surface area contributed by atoms with Gasteiger partial charge in [-0.25, -0.2) is 24.0 Å². The number of amides is 5. The van der Waals surface area contributed by atoms with E-state index in [1.165, 1.54) is 6.92 Å². The third-order valence-corrected chi connectivity index (χ3v) is 13.2. The molecule has 7 rings (SSSR count). The summed E-state index contributed by atoms with van der Waals surface area (Å²) in [5, 5.41) is 34.6. The molecule has 7 aromatic carbocycles. The molecule has 0 fully saturated rings. The Hall–Kier alpha value is -10.4. The third kappa shape index (κ3) is 21.9. The van der Waals surface area contributed by atoms with Crippen molar-refractivity contribution in [2.24, 2.45) is 0 Å². The molecular weight excluding hydrogens is 1130 g/mol. The molecule has 0 aliphatic heterocycles. The number of benzene rings is 6. The summed E-state index contributed by atoms with van der Waals surface area (Å²) in [6.07, 6.45) is -5.40. The lowest BCUT2D eigenvalue weighted by atomic mass is 9.95. The van der Waals surface area contributed by atoms with Crippen LogP contribution in [0.2, 0.25) is 0 Å². The topological polar surface area (TPSA) is 275 Å². The second-order valence-corrected chi connectivity index (χ2v) is 21.5. The maximum atomic E-state index is 14.8. The molecule has 0 aliphatic carbocycles. The van der Waals surface area contributed by atoms with Crippen molar-refractivity contribution >= 4 is 42.0 Å². The van der Waals surface area contributed by atoms with Gasteiger partial charge in [0.1, 0.15) is 74.3 Å². The fourth-order valence-corrected chi connectivity index (χ4v) is 8.75. The average molecular weight is 1200 g/mol. The molecule has 7 N–H and O–H groups in total. The van der Waals surface area contributed by atoms with Gasteiger partial charge in [0.15, 0.2) is 0 Å². The van der Waals surface area contributed by atoms with Gasteiger partial charge in [-0.05, 0) is 120 Å². The van der Waals surface area contributed by atoms with E-state index in [1.807, 2.05) is 48.5 Å². The fraction of sp³-hybridized carbons (Fsp3) is 0.279.